The van der Waals surface area contributed by atoms with E-state index in [1.54, 1.807) is 24.1 Å². The van der Waals surface area contributed by atoms with Gasteiger partial charge in [-0.25, -0.2) is 4.39 Å². The number of hydrogen-bond donors (Lipinski definition) is 0. The minimum atomic E-state index is -0.251. The van der Waals surface area contributed by atoms with Crippen molar-refractivity contribution >= 4 is 5.91 Å². The summed E-state index contributed by atoms with van der Waals surface area (Å²) in [6.07, 6.45) is 2.25. The molecule has 0 bridgehead atoms. The van der Waals surface area contributed by atoms with Crippen molar-refractivity contribution in [3.63, 3.8) is 0 Å². The van der Waals surface area contributed by atoms with Crippen molar-refractivity contribution in [3.8, 4) is 0 Å². The Labute approximate surface area is 121 Å². The first kappa shape index (κ1) is 16.6. The maximum Gasteiger partial charge on any atom is 0.236 e. The number of carbonyl (C=O) groups is 1. The van der Waals surface area contributed by atoms with E-state index in [4.69, 9.17) is 0 Å². The molecule has 0 unspecified atom stereocenters. The van der Waals surface area contributed by atoms with Crippen LogP contribution in [0.25, 0.3) is 0 Å². The molecule has 0 heterocycles. The van der Waals surface area contributed by atoms with E-state index in [1.165, 1.54) is 12.1 Å². The normalized spacial score (nSPS) is 10.8. The standard InChI is InChI=1S/C16H25FN2O/c1-4-6-11-19(5-2)13-16(20)18(3)12-14-7-9-15(17)10-8-14/h7-10H,4-6,11-13H2,1-3H3. The molecule has 1 amide bonds. The van der Waals surface area contributed by atoms with Crippen LogP contribution in [0.4, 0.5) is 4.39 Å². The summed E-state index contributed by atoms with van der Waals surface area (Å²) < 4.78 is 12.8. The first-order valence-corrected chi connectivity index (χ1v) is 7.27. The highest BCUT2D eigenvalue weighted by atomic mass is 19.1. The van der Waals surface area contributed by atoms with Gasteiger partial charge in [-0.05, 0) is 37.2 Å². The van der Waals surface area contributed by atoms with Crippen molar-refractivity contribution in [1.82, 2.24) is 9.80 Å². The molecule has 0 aliphatic carbocycles. The minimum absolute atomic E-state index is 0.104. The summed E-state index contributed by atoms with van der Waals surface area (Å²) in [6.45, 7) is 7.04. The van der Waals surface area contributed by atoms with Crippen molar-refractivity contribution in [2.24, 2.45) is 0 Å². The highest BCUT2D eigenvalue weighted by Crippen LogP contribution is 2.06. The quantitative estimate of drug-likeness (QED) is 0.731. The van der Waals surface area contributed by atoms with Gasteiger partial charge in [0.15, 0.2) is 0 Å². The maximum absolute atomic E-state index is 12.8. The number of halogens is 1. The van der Waals surface area contributed by atoms with Gasteiger partial charge in [-0.15, -0.1) is 0 Å². The van der Waals surface area contributed by atoms with Gasteiger partial charge in [0.25, 0.3) is 0 Å². The molecule has 20 heavy (non-hydrogen) atoms. The van der Waals surface area contributed by atoms with Crippen LogP contribution in [-0.2, 0) is 11.3 Å². The summed E-state index contributed by atoms with van der Waals surface area (Å²) in [4.78, 5) is 16.0. The fraction of sp³-hybridized carbons (Fsp3) is 0.562. The number of hydrogen-bond acceptors (Lipinski definition) is 2. The molecule has 0 radical (unpaired) electrons. The second-order valence-corrected chi connectivity index (χ2v) is 5.10. The first-order valence-electron chi connectivity index (χ1n) is 7.27. The molecule has 0 aliphatic rings. The van der Waals surface area contributed by atoms with Gasteiger partial charge in [0.05, 0.1) is 6.54 Å². The smallest absolute Gasteiger partial charge is 0.236 e. The Bertz CT molecular complexity index is 405. The third-order valence-corrected chi connectivity index (χ3v) is 3.39. The summed E-state index contributed by atoms with van der Waals surface area (Å²) >= 11 is 0. The van der Waals surface area contributed by atoms with E-state index in [1.807, 2.05) is 0 Å². The summed E-state index contributed by atoms with van der Waals surface area (Å²) in [5.74, 6) is -0.147. The summed E-state index contributed by atoms with van der Waals surface area (Å²) in [5.41, 5.74) is 0.943. The van der Waals surface area contributed by atoms with Gasteiger partial charge < -0.3 is 4.90 Å². The topological polar surface area (TPSA) is 23.6 Å². The van der Waals surface area contributed by atoms with Crippen LogP contribution in [0, 0.1) is 5.82 Å². The third-order valence-electron chi connectivity index (χ3n) is 3.39. The summed E-state index contributed by atoms with van der Waals surface area (Å²) in [5, 5.41) is 0. The molecule has 1 rings (SSSR count). The fourth-order valence-corrected chi connectivity index (χ4v) is 1.99. The molecule has 0 saturated carbocycles. The molecule has 0 fully saturated rings. The fourth-order valence-electron chi connectivity index (χ4n) is 1.99. The number of amides is 1. The van der Waals surface area contributed by atoms with Gasteiger partial charge in [0.2, 0.25) is 5.91 Å². The highest BCUT2D eigenvalue weighted by Gasteiger charge is 2.13. The lowest BCUT2D eigenvalue weighted by Gasteiger charge is -2.24. The van der Waals surface area contributed by atoms with Crippen molar-refractivity contribution in [3.05, 3.63) is 35.6 Å². The number of rotatable bonds is 8. The Hall–Kier alpha value is -1.42. The zero-order chi connectivity index (χ0) is 15.0. The minimum Gasteiger partial charge on any atom is -0.340 e. The largest absolute Gasteiger partial charge is 0.340 e. The molecule has 0 N–H and O–H groups in total. The van der Waals surface area contributed by atoms with Gasteiger partial charge in [0, 0.05) is 13.6 Å². The average molecular weight is 280 g/mol. The summed E-state index contributed by atoms with van der Waals surface area (Å²) in [7, 11) is 1.79. The van der Waals surface area contributed by atoms with E-state index in [0.717, 1.165) is 31.5 Å². The lowest BCUT2D eigenvalue weighted by molar-refractivity contribution is -0.131. The second kappa shape index (κ2) is 8.69. The average Bonchev–Trinajstić information content (AvgIpc) is 2.45. The zero-order valence-corrected chi connectivity index (χ0v) is 12.7. The predicted octanol–water partition coefficient (Wildman–Crippen LogP) is 2.91. The van der Waals surface area contributed by atoms with E-state index in [9.17, 15) is 9.18 Å². The van der Waals surface area contributed by atoms with Crippen LogP contribution >= 0.6 is 0 Å². The molecule has 1 aromatic carbocycles. The van der Waals surface area contributed by atoms with Gasteiger partial charge in [-0.3, -0.25) is 9.69 Å². The van der Waals surface area contributed by atoms with Crippen molar-refractivity contribution in [1.29, 1.82) is 0 Å². The second-order valence-electron chi connectivity index (χ2n) is 5.10. The lowest BCUT2D eigenvalue weighted by atomic mass is 10.2. The summed E-state index contributed by atoms with van der Waals surface area (Å²) in [6, 6.07) is 6.28. The Balaban J connectivity index is 2.47. The van der Waals surface area contributed by atoms with E-state index in [-0.39, 0.29) is 11.7 Å². The first-order chi connectivity index (χ1) is 9.56. The molecule has 0 spiro atoms. The third kappa shape index (κ3) is 5.70. The van der Waals surface area contributed by atoms with E-state index in [2.05, 4.69) is 18.7 Å². The molecular formula is C16H25FN2O. The number of unbranched alkanes of at least 4 members (excludes halogenated alkanes) is 1. The lowest BCUT2D eigenvalue weighted by Crippen LogP contribution is -2.38. The molecule has 3 nitrogen and oxygen atoms in total. The van der Waals surface area contributed by atoms with Crippen molar-refractivity contribution in [2.45, 2.75) is 33.2 Å². The Morgan fingerprint density at radius 2 is 1.85 bits per heavy atom. The monoisotopic (exact) mass is 280 g/mol. The molecule has 0 saturated heterocycles. The van der Waals surface area contributed by atoms with Crippen LogP contribution in [-0.4, -0.2) is 42.4 Å². The number of likely N-dealkylation sites (N-methyl/N-ethyl adjacent to an activating group) is 2. The number of carbonyl (C=O) groups excluding carboxylic acids is 1. The van der Waals surface area contributed by atoms with Crippen molar-refractivity contribution in [2.75, 3.05) is 26.7 Å². The van der Waals surface area contributed by atoms with Gasteiger partial charge in [-0.2, -0.15) is 0 Å². The van der Waals surface area contributed by atoms with Crippen LogP contribution in [0.3, 0.4) is 0 Å². The van der Waals surface area contributed by atoms with Gasteiger partial charge in [-0.1, -0.05) is 32.4 Å². The number of benzene rings is 1. The van der Waals surface area contributed by atoms with E-state index < -0.39 is 0 Å². The SMILES string of the molecule is CCCCN(CC)CC(=O)N(C)Cc1ccc(F)cc1. The Morgan fingerprint density at radius 3 is 2.40 bits per heavy atom. The Kier molecular flexibility index (Phi) is 7.23. The van der Waals surface area contributed by atoms with Crippen LogP contribution < -0.4 is 0 Å². The van der Waals surface area contributed by atoms with E-state index in [0.29, 0.717) is 13.1 Å². The zero-order valence-electron chi connectivity index (χ0n) is 12.7. The molecule has 4 heteroatoms. The molecule has 0 atom stereocenters. The number of nitrogens with zero attached hydrogens (tertiary/aromatic N) is 2. The van der Waals surface area contributed by atoms with Crippen molar-refractivity contribution < 1.29 is 9.18 Å². The Morgan fingerprint density at radius 1 is 1.20 bits per heavy atom. The van der Waals surface area contributed by atoms with Crippen LogP contribution in [0.2, 0.25) is 0 Å². The van der Waals surface area contributed by atoms with Crippen LogP contribution in [0.15, 0.2) is 24.3 Å². The van der Waals surface area contributed by atoms with E-state index >= 15 is 0 Å². The molecule has 0 aliphatic heterocycles. The maximum atomic E-state index is 12.8. The molecule has 112 valence electrons. The van der Waals surface area contributed by atoms with Crippen LogP contribution in [0.5, 0.6) is 0 Å². The van der Waals surface area contributed by atoms with Crippen LogP contribution in [0.1, 0.15) is 32.3 Å². The highest BCUT2D eigenvalue weighted by molar-refractivity contribution is 5.78. The molecule has 1 aromatic rings. The molecular weight excluding hydrogens is 255 g/mol. The van der Waals surface area contributed by atoms with Gasteiger partial charge >= 0.3 is 0 Å². The molecule has 0 aromatic heterocycles. The van der Waals surface area contributed by atoms with Gasteiger partial charge in [0.1, 0.15) is 5.82 Å². The predicted molar refractivity (Wildman–Crippen MR) is 79.9 cm³/mol.